The average Bonchev–Trinajstić information content (AvgIpc) is 2.40. The first-order valence-electron chi connectivity index (χ1n) is 5.79. The molecule has 2 rings (SSSR count). The quantitative estimate of drug-likeness (QED) is 0.602. The Kier molecular flexibility index (Phi) is 4.47. The van der Waals surface area contributed by atoms with E-state index in [2.05, 4.69) is 0 Å². The number of hydrogen-bond donors (Lipinski definition) is 0. The number of rotatable bonds is 4. The number of aryl methyl sites for hydroxylation is 1. The van der Waals surface area contributed by atoms with Gasteiger partial charge in [-0.05, 0) is 36.8 Å². The van der Waals surface area contributed by atoms with Crippen LogP contribution in [-0.2, 0) is 6.61 Å². The van der Waals surface area contributed by atoms with Gasteiger partial charge in [0.2, 0.25) is 0 Å². The number of hydrogen-bond acceptors (Lipinski definition) is 3. The molecule has 20 heavy (non-hydrogen) atoms. The van der Waals surface area contributed by atoms with Crippen LogP contribution < -0.4 is 4.74 Å². The summed E-state index contributed by atoms with van der Waals surface area (Å²) >= 11 is 11.7. The minimum absolute atomic E-state index is 0.0582. The van der Waals surface area contributed by atoms with Gasteiger partial charge in [-0.15, -0.1) is 0 Å². The molecule has 0 spiro atoms. The smallest absolute Gasteiger partial charge is 0.277 e. The van der Waals surface area contributed by atoms with Crippen LogP contribution in [0.25, 0.3) is 0 Å². The molecule has 0 atom stereocenters. The van der Waals surface area contributed by atoms with E-state index in [1.165, 1.54) is 6.07 Å². The highest BCUT2D eigenvalue weighted by atomic mass is 35.5. The predicted molar refractivity (Wildman–Crippen MR) is 78.6 cm³/mol. The van der Waals surface area contributed by atoms with Crippen molar-refractivity contribution in [2.45, 2.75) is 13.5 Å². The van der Waals surface area contributed by atoms with Crippen LogP contribution in [0, 0.1) is 17.0 Å². The molecule has 0 fully saturated rings. The zero-order chi connectivity index (χ0) is 14.7. The molecular weight excluding hydrogens is 301 g/mol. The molecule has 0 radical (unpaired) electrons. The van der Waals surface area contributed by atoms with Gasteiger partial charge in [0, 0.05) is 16.1 Å². The fourth-order valence-electron chi connectivity index (χ4n) is 1.71. The lowest BCUT2D eigenvalue weighted by atomic mass is 10.2. The predicted octanol–water partition coefficient (Wildman–Crippen LogP) is 4.79. The fraction of sp³-hybridized carbons (Fsp3) is 0.143. The number of benzene rings is 2. The normalized spacial score (nSPS) is 10.3. The van der Waals surface area contributed by atoms with Crippen molar-refractivity contribution in [1.29, 1.82) is 0 Å². The highest BCUT2D eigenvalue weighted by Crippen LogP contribution is 2.27. The summed E-state index contributed by atoms with van der Waals surface area (Å²) in [6.45, 7) is 1.95. The van der Waals surface area contributed by atoms with E-state index in [0.717, 1.165) is 5.56 Å². The Labute approximate surface area is 126 Å². The van der Waals surface area contributed by atoms with E-state index in [0.29, 0.717) is 21.4 Å². The maximum absolute atomic E-state index is 11.0. The second-order valence-electron chi connectivity index (χ2n) is 4.23. The minimum atomic E-state index is -0.477. The summed E-state index contributed by atoms with van der Waals surface area (Å²) in [6, 6.07) is 9.75. The molecule has 0 saturated carbocycles. The van der Waals surface area contributed by atoms with Gasteiger partial charge in [0.15, 0.2) is 0 Å². The largest absolute Gasteiger partial charge is 0.488 e. The molecule has 6 heteroatoms. The van der Waals surface area contributed by atoms with Crippen LogP contribution in [-0.4, -0.2) is 4.92 Å². The molecule has 0 aliphatic rings. The summed E-state index contributed by atoms with van der Waals surface area (Å²) in [4.78, 5) is 10.5. The standard InChI is InChI=1S/C14H11Cl2NO3/c1-9-2-4-12(16)7-14(9)20-8-10-3-5-11(15)6-13(10)17(18)19/h2-7H,8H2,1H3. The second-order valence-corrected chi connectivity index (χ2v) is 5.10. The SMILES string of the molecule is Cc1ccc(Cl)cc1OCc1ccc(Cl)cc1[N+](=O)[O-]. The van der Waals surface area contributed by atoms with Gasteiger partial charge in [0.25, 0.3) is 5.69 Å². The van der Waals surface area contributed by atoms with Gasteiger partial charge in [-0.2, -0.15) is 0 Å². The van der Waals surface area contributed by atoms with Crippen molar-refractivity contribution in [3.63, 3.8) is 0 Å². The van der Waals surface area contributed by atoms with E-state index in [1.807, 2.05) is 13.0 Å². The van der Waals surface area contributed by atoms with E-state index in [4.69, 9.17) is 27.9 Å². The summed E-state index contributed by atoms with van der Waals surface area (Å²) in [6.07, 6.45) is 0. The van der Waals surface area contributed by atoms with E-state index in [1.54, 1.807) is 24.3 Å². The highest BCUT2D eigenvalue weighted by molar-refractivity contribution is 6.31. The van der Waals surface area contributed by atoms with Crippen molar-refractivity contribution in [3.8, 4) is 5.75 Å². The number of nitro groups is 1. The Hall–Kier alpha value is -1.78. The van der Waals surface area contributed by atoms with Crippen LogP contribution in [0.4, 0.5) is 5.69 Å². The van der Waals surface area contributed by atoms with Gasteiger partial charge in [0.1, 0.15) is 12.4 Å². The number of ether oxygens (including phenoxy) is 1. The molecule has 0 unspecified atom stereocenters. The Morgan fingerprint density at radius 2 is 1.80 bits per heavy atom. The van der Waals surface area contributed by atoms with Crippen molar-refractivity contribution in [1.82, 2.24) is 0 Å². The van der Waals surface area contributed by atoms with Crippen LogP contribution >= 0.6 is 23.2 Å². The highest BCUT2D eigenvalue weighted by Gasteiger charge is 2.15. The van der Waals surface area contributed by atoms with Crippen LogP contribution in [0.3, 0.4) is 0 Å². The number of nitrogens with zero attached hydrogens (tertiary/aromatic N) is 1. The Bertz CT molecular complexity index is 659. The first-order valence-corrected chi connectivity index (χ1v) is 6.55. The zero-order valence-corrected chi connectivity index (χ0v) is 12.1. The molecule has 2 aromatic rings. The fourth-order valence-corrected chi connectivity index (χ4v) is 2.04. The molecule has 0 N–H and O–H groups in total. The lowest BCUT2D eigenvalue weighted by Gasteiger charge is -2.10. The van der Waals surface area contributed by atoms with E-state index in [-0.39, 0.29) is 12.3 Å². The van der Waals surface area contributed by atoms with Gasteiger partial charge in [-0.1, -0.05) is 29.3 Å². The summed E-state index contributed by atoms with van der Waals surface area (Å²) in [5.74, 6) is 0.599. The van der Waals surface area contributed by atoms with Gasteiger partial charge >= 0.3 is 0 Å². The van der Waals surface area contributed by atoms with Crippen molar-refractivity contribution < 1.29 is 9.66 Å². The van der Waals surface area contributed by atoms with Crippen LogP contribution in [0.5, 0.6) is 5.75 Å². The number of nitro benzene ring substituents is 1. The number of halogens is 2. The zero-order valence-electron chi connectivity index (χ0n) is 10.6. The third-order valence-corrected chi connectivity index (χ3v) is 3.25. The van der Waals surface area contributed by atoms with E-state index in [9.17, 15) is 10.1 Å². The van der Waals surface area contributed by atoms with E-state index >= 15 is 0 Å². The minimum Gasteiger partial charge on any atom is -0.488 e. The third kappa shape index (κ3) is 3.40. The van der Waals surface area contributed by atoms with Crippen LogP contribution in [0.2, 0.25) is 10.0 Å². The van der Waals surface area contributed by atoms with Crippen LogP contribution in [0.1, 0.15) is 11.1 Å². The van der Waals surface area contributed by atoms with Gasteiger partial charge in [0.05, 0.1) is 10.5 Å². The van der Waals surface area contributed by atoms with Crippen molar-refractivity contribution in [2.75, 3.05) is 0 Å². The first-order chi connectivity index (χ1) is 9.47. The topological polar surface area (TPSA) is 52.4 Å². The monoisotopic (exact) mass is 311 g/mol. The van der Waals surface area contributed by atoms with Crippen molar-refractivity contribution in [2.24, 2.45) is 0 Å². The van der Waals surface area contributed by atoms with Crippen molar-refractivity contribution in [3.05, 3.63) is 67.7 Å². The Morgan fingerprint density at radius 1 is 1.15 bits per heavy atom. The average molecular weight is 312 g/mol. The molecule has 4 nitrogen and oxygen atoms in total. The maximum atomic E-state index is 11.0. The molecule has 104 valence electrons. The first kappa shape index (κ1) is 14.6. The molecule has 0 saturated heterocycles. The molecule has 0 aliphatic carbocycles. The Morgan fingerprint density at radius 3 is 2.50 bits per heavy atom. The van der Waals surface area contributed by atoms with Crippen molar-refractivity contribution >= 4 is 28.9 Å². The molecule has 2 aromatic carbocycles. The third-order valence-electron chi connectivity index (χ3n) is 2.78. The summed E-state index contributed by atoms with van der Waals surface area (Å²) in [5.41, 5.74) is 1.31. The Balaban J connectivity index is 2.23. The molecule has 0 heterocycles. The molecular formula is C14H11Cl2NO3. The molecule has 0 aromatic heterocycles. The van der Waals surface area contributed by atoms with Gasteiger partial charge in [-0.3, -0.25) is 10.1 Å². The molecule has 0 bridgehead atoms. The lowest BCUT2D eigenvalue weighted by molar-refractivity contribution is -0.385. The summed E-state index contributed by atoms with van der Waals surface area (Å²) < 4.78 is 5.60. The summed E-state index contributed by atoms with van der Waals surface area (Å²) in [7, 11) is 0. The van der Waals surface area contributed by atoms with Crippen LogP contribution in [0.15, 0.2) is 36.4 Å². The maximum Gasteiger partial charge on any atom is 0.277 e. The molecule has 0 aliphatic heterocycles. The van der Waals surface area contributed by atoms with Gasteiger partial charge in [-0.25, -0.2) is 0 Å². The lowest BCUT2D eigenvalue weighted by Crippen LogP contribution is -2.01. The van der Waals surface area contributed by atoms with Gasteiger partial charge < -0.3 is 4.74 Å². The molecule has 0 amide bonds. The second kappa shape index (κ2) is 6.11. The van der Waals surface area contributed by atoms with E-state index < -0.39 is 4.92 Å². The summed E-state index contributed by atoms with van der Waals surface area (Å²) in [5, 5.41) is 11.8.